The van der Waals surface area contributed by atoms with Crippen molar-refractivity contribution >= 4 is 20.7 Å². The van der Waals surface area contributed by atoms with Crippen LogP contribution in [0.5, 0.6) is 0 Å². The lowest BCUT2D eigenvalue weighted by Gasteiger charge is -2.32. The van der Waals surface area contributed by atoms with Gasteiger partial charge < -0.3 is 18.6 Å². The van der Waals surface area contributed by atoms with E-state index in [1.54, 1.807) is 6.07 Å². The van der Waals surface area contributed by atoms with Crippen LogP contribution in [0.25, 0.3) is 11.4 Å². The molecule has 0 aliphatic carbocycles. The van der Waals surface area contributed by atoms with E-state index < -0.39 is 44.1 Å². The van der Waals surface area contributed by atoms with E-state index in [1.807, 2.05) is 27.7 Å². The quantitative estimate of drug-likeness (QED) is 0.302. The molecule has 0 bridgehead atoms. The van der Waals surface area contributed by atoms with Gasteiger partial charge in [0.2, 0.25) is 0 Å². The van der Waals surface area contributed by atoms with Crippen LogP contribution in [0.15, 0.2) is 24.4 Å². The fourth-order valence-corrected chi connectivity index (χ4v) is 4.00. The molecule has 0 atom stereocenters. The van der Waals surface area contributed by atoms with Crippen LogP contribution in [0, 0.1) is 5.82 Å². The molecule has 1 aromatic heterocycles. The Morgan fingerprint density at radius 2 is 1.70 bits per heavy atom. The van der Waals surface area contributed by atoms with Crippen molar-refractivity contribution in [3.05, 3.63) is 35.9 Å². The van der Waals surface area contributed by atoms with Gasteiger partial charge >= 0.3 is 13.3 Å². The molecular weight excluding hydrogens is 455 g/mol. The van der Waals surface area contributed by atoms with Crippen molar-refractivity contribution in [3.8, 4) is 11.4 Å². The lowest BCUT2D eigenvalue weighted by Crippen LogP contribution is -2.41. The second-order valence-electron chi connectivity index (χ2n) is 10.6. The molecule has 5 nitrogen and oxygen atoms in total. The minimum absolute atomic E-state index is 0.0560. The van der Waals surface area contributed by atoms with Crippen LogP contribution in [0.3, 0.4) is 0 Å². The Hall–Kier alpha value is -1.69. The molecule has 1 saturated heterocycles. The van der Waals surface area contributed by atoms with Crippen molar-refractivity contribution in [1.82, 2.24) is 9.55 Å². The lowest BCUT2D eigenvalue weighted by atomic mass is 9.78. The maximum Gasteiger partial charge on any atom is 0.494 e. The predicted molar refractivity (Wildman–Crippen MR) is 122 cm³/mol. The highest BCUT2D eigenvalue weighted by molar-refractivity contribution is 6.76. The summed E-state index contributed by atoms with van der Waals surface area (Å²) in [7, 11) is -2.14. The summed E-state index contributed by atoms with van der Waals surface area (Å²) in [5, 5.41) is 0. The number of hydrogen-bond acceptors (Lipinski definition) is 4. The van der Waals surface area contributed by atoms with Crippen LogP contribution in [-0.2, 0) is 27.0 Å². The van der Waals surface area contributed by atoms with Crippen LogP contribution in [0.4, 0.5) is 17.6 Å². The number of halogens is 4. The zero-order valence-corrected chi connectivity index (χ0v) is 21.1. The van der Waals surface area contributed by atoms with Crippen LogP contribution < -0.4 is 5.46 Å². The molecule has 0 spiro atoms. The van der Waals surface area contributed by atoms with Crippen molar-refractivity contribution < 1.29 is 31.6 Å². The van der Waals surface area contributed by atoms with E-state index in [2.05, 4.69) is 24.6 Å². The van der Waals surface area contributed by atoms with Crippen molar-refractivity contribution in [2.24, 2.45) is 0 Å². The summed E-state index contributed by atoms with van der Waals surface area (Å²) in [6.45, 7) is 14.3. The monoisotopic (exact) mass is 486 g/mol. The number of aromatic nitrogens is 2. The van der Waals surface area contributed by atoms with E-state index in [9.17, 15) is 13.2 Å². The zero-order valence-electron chi connectivity index (χ0n) is 20.1. The van der Waals surface area contributed by atoms with E-state index >= 15 is 4.39 Å². The molecule has 11 heteroatoms. The second kappa shape index (κ2) is 8.83. The summed E-state index contributed by atoms with van der Waals surface area (Å²) in [6, 6.07) is 5.06. The molecule has 33 heavy (non-hydrogen) atoms. The van der Waals surface area contributed by atoms with Crippen LogP contribution in [0.1, 0.15) is 33.4 Å². The van der Waals surface area contributed by atoms with E-state index in [-0.39, 0.29) is 18.1 Å². The van der Waals surface area contributed by atoms with Gasteiger partial charge in [0.1, 0.15) is 18.4 Å². The maximum absolute atomic E-state index is 15.1. The van der Waals surface area contributed by atoms with Gasteiger partial charge in [0, 0.05) is 20.9 Å². The first-order chi connectivity index (χ1) is 15.0. The number of rotatable bonds is 7. The van der Waals surface area contributed by atoms with Gasteiger partial charge in [0.25, 0.3) is 0 Å². The Morgan fingerprint density at radius 3 is 2.21 bits per heavy atom. The van der Waals surface area contributed by atoms with E-state index in [1.165, 1.54) is 16.7 Å². The first-order valence-electron chi connectivity index (χ1n) is 10.9. The molecule has 1 fully saturated rings. The van der Waals surface area contributed by atoms with E-state index in [0.717, 1.165) is 12.2 Å². The highest BCUT2D eigenvalue weighted by Crippen LogP contribution is 2.37. The molecule has 0 unspecified atom stereocenters. The number of hydrogen-bond donors (Lipinski definition) is 0. The lowest BCUT2D eigenvalue weighted by molar-refractivity contribution is -0.141. The normalized spacial score (nSPS) is 18.2. The van der Waals surface area contributed by atoms with Crippen LogP contribution >= 0.6 is 0 Å². The summed E-state index contributed by atoms with van der Waals surface area (Å²) >= 11 is 0. The topological polar surface area (TPSA) is 45.5 Å². The fraction of sp³-hybridized carbons (Fsp3) is 0.591. The molecule has 2 aromatic rings. The molecule has 2 heterocycles. The second-order valence-corrected chi connectivity index (χ2v) is 16.2. The molecule has 0 N–H and O–H groups in total. The minimum Gasteiger partial charge on any atom is -0.399 e. The largest absolute Gasteiger partial charge is 0.494 e. The predicted octanol–water partition coefficient (Wildman–Crippen LogP) is 5.32. The summed E-state index contributed by atoms with van der Waals surface area (Å²) in [4.78, 5) is 3.68. The van der Waals surface area contributed by atoms with E-state index in [4.69, 9.17) is 14.0 Å². The van der Waals surface area contributed by atoms with Gasteiger partial charge in [-0.2, -0.15) is 13.2 Å². The Balaban J connectivity index is 1.88. The summed E-state index contributed by atoms with van der Waals surface area (Å²) < 4.78 is 73.8. The standard InChI is InChI=1S/C22H31BF4N2O3Si/c1-20(2)21(3,4)32-23(31-20)15-8-9-16(17(24)12-15)19-28-18(22(25,26)27)13-29(19)14-30-10-11-33(5,6)7/h8-9,12-13H,10-11,14H2,1-7H3. The van der Waals surface area contributed by atoms with Crippen LogP contribution in [0.2, 0.25) is 25.7 Å². The Bertz CT molecular complexity index is 987. The van der Waals surface area contributed by atoms with Gasteiger partial charge in [-0.05, 0) is 51.3 Å². The van der Waals surface area contributed by atoms with E-state index in [0.29, 0.717) is 12.1 Å². The Morgan fingerprint density at radius 1 is 1.09 bits per heavy atom. The third kappa shape index (κ3) is 5.87. The first-order valence-corrected chi connectivity index (χ1v) is 14.6. The van der Waals surface area contributed by atoms with Gasteiger partial charge in [-0.15, -0.1) is 0 Å². The van der Waals surface area contributed by atoms with Crippen molar-refractivity contribution in [3.63, 3.8) is 0 Å². The molecule has 0 radical (unpaired) electrons. The van der Waals surface area contributed by atoms with Gasteiger partial charge in [-0.3, -0.25) is 0 Å². The average Bonchev–Trinajstić information content (AvgIpc) is 3.16. The number of nitrogens with zero attached hydrogens (tertiary/aromatic N) is 2. The number of imidazole rings is 1. The summed E-state index contributed by atoms with van der Waals surface area (Å²) in [5.74, 6) is -0.863. The van der Waals surface area contributed by atoms with Crippen LogP contribution in [-0.4, -0.2) is 42.6 Å². The molecule has 1 aliphatic rings. The van der Waals surface area contributed by atoms with Crippen molar-refractivity contribution in [2.75, 3.05) is 6.61 Å². The molecule has 182 valence electrons. The number of ether oxygens (including phenoxy) is 1. The number of benzene rings is 1. The van der Waals surface area contributed by atoms with Gasteiger partial charge in [-0.25, -0.2) is 9.37 Å². The molecular formula is C22H31BF4N2O3Si. The highest BCUT2D eigenvalue weighted by atomic mass is 28.3. The molecule has 1 aromatic carbocycles. The minimum atomic E-state index is -4.66. The summed E-state index contributed by atoms with van der Waals surface area (Å²) in [5.41, 5.74) is -1.91. The van der Waals surface area contributed by atoms with Gasteiger partial charge in [0.15, 0.2) is 5.69 Å². The van der Waals surface area contributed by atoms with Crippen molar-refractivity contribution in [1.29, 1.82) is 0 Å². The highest BCUT2D eigenvalue weighted by Gasteiger charge is 2.51. The molecule has 0 saturated carbocycles. The Labute approximate surface area is 193 Å². The molecule has 3 rings (SSSR count). The first kappa shape index (κ1) is 25.9. The average molecular weight is 486 g/mol. The third-order valence-electron chi connectivity index (χ3n) is 6.05. The number of alkyl halides is 3. The van der Waals surface area contributed by atoms with Gasteiger partial charge in [0.05, 0.1) is 16.8 Å². The third-order valence-corrected chi connectivity index (χ3v) is 7.76. The smallest absolute Gasteiger partial charge is 0.399 e. The SMILES string of the molecule is CC1(C)OB(c2ccc(-c3nc(C(F)(F)F)cn3COCC[Si](C)(C)C)c(F)c2)OC1(C)C. The summed E-state index contributed by atoms with van der Waals surface area (Å²) in [6.07, 6.45) is -3.80. The van der Waals surface area contributed by atoms with Crippen molar-refractivity contribution in [2.45, 2.75) is 77.5 Å². The fourth-order valence-electron chi connectivity index (χ4n) is 3.25. The Kier molecular flexibility index (Phi) is 6.94. The molecule has 0 amide bonds. The zero-order chi connectivity index (χ0) is 24.8. The van der Waals surface area contributed by atoms with Gasteiger partial charge in [-0.1, -0.05) is 25.7 Å². The maximum atomic E-state index is 15.1. The molecule has 1 aliphatic heterocycles.